The molecule has 0 aromatic rings. The van der Waals surface area contributed by atoms with Gasteiger partial charge in [-0.25, -0.2) is 4.72 Å². The topological polar surface area (TPSA) is 81.7 Å². The van der Waals surface area contributed by atoms with Gasteiger partial charge in [0.25, 0.3) is 10.2 Å². The van der Waals surface area contributed by atoms with Crippen molar-refractivity contribution < 1.29 is 13.5 Å². The monoisotopic (exact) mass is 279 g/mol. The highest BCUT2D eigenvalue weighted by molar-refractivity contribution is 7.87. The highest BCUT2D eigenvalue weighted by Crippen LogP contribution is 2.18. The van der Waals surface area contributed by atoms with Crippen LogP contribution >= 0.6 is 0 Å². The molecule has 2 atom stereocenters. The SMILES string of the molecule is CC(O)CNCCNS(=O)(=O)N1CCCCC1C. The lowest BCUT2D eigenvalue weighted by Gasteiger charge is -2.32. The number of aliphatic hydroxyl groups excluding tert-OH is 1. The molecule has 108 valence electrons. The molecule has 1 aliphatic heterocycles. The maximum atomic E-state index is 12.0. The number of aliphatic hydroxyl groups is 1. The molecular formula is C11H25N3O3S. The van der Waals surface area contributed by atoms with E-state index in [2.05, 4.69) is 10.0 Å². The Balaban J connectivity index is 2.30. The fourth-order valence-corrected chi connectivity index (χ4v) is 3.57. The van der Waals surface area contributed by atoms with Crippen molar-refractivity contribution in [2.75, 3.05) is 26.2 Å². The minimum atomic E-state index is -3.35. The van der Waals surface area contributed by atoms with Gasteiger partial charge < -0.3 is 10.4 Å². The van der Waals surface area contributed by atoms with Crippen molar-refractivity contribution in [3.8, 4) is 0 Å². The van der Waals surface area contributed by atoms with Crippen molar-refractivity contribution in [2.24, 2.45) is 0 Å². The summed E-state index contributed by atoms with van der Waals surface area (Å²) in [7, 11) is -3.35. The summed E-state index contributed by atoms with van der Waals surface area (Å²) in [6.45, 7) is 5.58. The Morgan fingerprint density at radius 2 is 2.11 bits per heavy atom. The fourth-order valence-electron chi connectivity index (χ4n) is 2.09. The van der Waals surface area contributed by atoms with E-state index in [9.17, 15) is 8.42 Å². The van der Waals surface area contributed by atoms with E-state index in [0.717, 1.165) is 19.3 Å². The molecule has 0 spiro atoms. The van der Waals surface area contributed by atoms with Gasteiger partial charge in [-0.05, 0) is 26.7 Å². The van der Waals surface area contributed by atoms with E-state index in [1.165, 1.54) is 0 Å². The van der Waals surface area contributed by atoms with Crippen molar-refractivity contribution >= 4 is 10.2 Å². The molecule has 0 bridgehead atoms. The number of nitrogens with zero attached hydrogens (tertiary/aromatic N) is 1. The standard InChI is InChI=1S/C11H25N3O3S/c1-10-5-3-4-8-14(10)18(16,17)13-7-6-12-9-11(2)15/h10-13,15H,3-9H2,1-2H3. The summed E-state index contributed by atoms with van der Waals surface area (Å²) in [6, 6.07) is 0.0849. The van der Waals surface area contributed by atoms with Gasteiger partial charge >= 0.3 is 0 Å². The lowest BCUT2D eigenvalue weighted by Crippen LogP contribution is -2.49. The van der Waals surface area contributed by atoms with E-state index in [0.29, 0.717) is 26.2 Å². The molecule has 0 amide bonds. The summed E-state index contributed by atoms with van der Waals surface area (Å²) in [4.78, 5) is 0. The zero-order valence-electron chi connectivity index (χ0n) is 11.2. The van der Waals surface area contributed by atoms with Crippen molar-refractivity contribution in [1.29, 1.82) is 0 Å². The molecule has 0 aromatic heterocycles. The third kappa shape index (κ3) is 5.19. The molecule has 0 aromatic carbocycles. The molecule has 7 heteroatoms. The lowest BCUT2D eigenvalue weighted by atomic mass is 10.1. The number of hydrogen-bond donors (Lipinski definition) is 3. The number of rotatable bonds is 7. The molecule has 18 heavy (non-hydrogen) atoms. The van der Waals surface area contributed by atoms with Crippen LogP contribution in [0.2, 0.25) is 0 Å². The molecule has 1 fully saturated rings. The van der Waals surface area contributed by atoms with Crippen LogP contribution in [0.4, 0.5) is 0 Å². The van der Waals surface area contributed by atoms with Crippen molar-refractivity contribution in [3.05, 3.63) is 0 Å². The summed E-state index contributed by atoms with van der Waals surface area (Å²) in [5.41, 5.74) is 0. The Hall–Kier alpha value is -0.210. The van der Waals surface area contributed by atoms with Gasteiger partial charge in [0.1, 0.15) is 0 Å². The summed E-state index contributed by atoms with van der Waals surface area (Å²) in [5, 5.41) is 12.0. The largest absolute Gasteiger partial charge is 0.392 e. The Kier molecular flexibility index (Phi) is 6.51. The normalized spacial score (nSPS) is 24.1. The van der Waals surface area contributed by atoms with Gasteiger partial charge in [0.05, 0.1) is 6.10 Å². The first-order valence-electron chi connectivity index (χ1n) is 6.58. The third-order valence-electron chi connectivity index (χ3n) is 3.08. The molecule has 6 nitrogen and oxygen atoms in total. The van der Waals surface area contributed by atoms with Crippen LogP contribution in [-0.4, -0.2) is 56.2 Å². The highest BCUT2D eigenvalue weighted by Gasteiger charge is 2.28. The highest BCUT2D eigenvalue weighted by atomic mass is 32.2. The molecule has 1 rings (SSSR count). The van der Waals surface area contributed by atoms with E-state index < -0.39 is 16.3 Å². The molecule has 0 radical (unpaired) electrons. The number of nitrogens with one attached hydrogen (secondary N) is 2. The molecular weight excluding hydrogens is 254 g/mol. The van der Waals surface area contributed by atoms with Gasteiger partial charge in [0, 0.05) is 32.2 Å². The van der Waals surface area contributed by atoms with E-state index in [1.54, 1.807) is 11.2 Å². The molecule has 2 unspecified atom stereocenters. The lowest BCUT2D eigenvalue weighted by molar-refractivity contribution is 0.192. The Bertz CT molecular complexity index is 332. The maximum Gasteiger partial charge on any atom is 0.279 e. The predicted molar refractivity (Wildman–Crippen MR) is 71.5 cm³/mol. The first-order valence-corrected chi connectivity index (χ1v) is 8.02. The van der Waals surface area contributed by atoms with Gasteiger partial charge in [-0.2, -0.15) is 12.7 Å². The smallest absolute Gasteiger partial charge is 0.279 e. The molecule has 0 saturated carbocycles. The Morgan fingerprint density at radius 1 is 1.39 bits per heavy atom. The number of hydrogen-bond acceptors (Lipinski definition) is 4. The minimum absolute atomic E-state index is 0.0849. The first-order chi connectivity index (χ1) is 8.43. The average molecular weight is 279 g/mol. The minimum Gasteiger partial charge on any atom is -0.392 e. The van der Waals surface area contributed by atoms with Crippen LogP contribution in [0.15, 0.2) is 0 Å². The average Bonchev–Trinajstić information content (AvgIpc) is 2.28. The van der Waals surface area contributed by atoms with Crippen molar-refractivity contribution in [2.45, 2.75) is 45.3 Å². The van der Waals surface area contributed by atoms with Crippen LogP contribution in [0.3, 0.4) is 0 Å². The van der Waals surface area contributed by atoms with Crippen LogP contribution in [0, 0.1) is 0 Å². The van der Waals surface area contributed by atoms with E-state index in [1.807, 2.05) is 6.92 Å². The summed E-state index contributed by atoms with van der Waals surface area (Å²) < 4.78 is 28.2. The van der Waals surface area contributed by atoms with Crippen molar-refractivity contribution in [1.82, 2.24) is 14.3 Å². The van der Waals surface area contributed by atoms with Gasteiger partial charge in [-0.15, -0.1) is 0 Å². The maximum absolute atomic E-state index is 12.0. The predicted octanol–water partition coefficient (Wildman–Crippen LogP) is -0.334. The molecule has 0 aliphatic carbocycles. The van der Waals surface area contributed by atoms with Crippen LogP contribution in [-0.2, 0) is 10.2 Å². The second-order valence-electron chi connectivity index (χ2n) is 4.91. The van der Waals surface area contributed by atoms with Crippen LogP contribution in [0.25, 0.3) is 0 Å². The Morgan fingerprint density at radius 3 is 2.72 bits per heavy atom. The molecule has 1 heterocycles. The summed E-state index contributed by atoms with van der Waals surface area (Å²) in [6.07, 6.45) is 2.55. The van der Waals surface area contributed by atoms with Gasteiger partial charge in [-0.3, -0.25) is 0 Å². The van der Waals surface area contributed by atoms with E-state index >= 15 is 0 Å². The quantitative estimate of drug-likeness (QED) is 0.557. The second kappa shape index (κ2) is 7.40. The van der Waals surface area contributed by atoms with Gasteiger partial charge in [0.2, 0.25) is 0 Å². The Labute approximate surface area is 110 Å². The van der Waals surface area contributed by atoms with Crippen molar-refractivity contribution in [3.63, 3.8) is 0 Å². The molecule has 3 N–H and O–H groups in total. The first kappa shape index (κ1) is 15.8. The third-order valence-corrected chi connectivity index (χ3v) is 4.81. The zero-order valence-corrected chi connectivity index (χ0v) is 12.0. The molecule has 1 aliphatic rings. The van der Waals surface area contributed by atoms with Crippen LogP contribution in [0.1, 0.15) is 33.1 Å². The zero-order chi connectivity index (χ0) is 13.6. The summed E-state index contributed by atoms with van der Waals surface area (Å²) >= 11 is 0. The summed E-state index contributed by atoms with van der Waals surface area (Å²) in [5.74, 6) is 0. The van der Waals surface area contributed by atoms with Gasteiger partial charge in [0.15, 0.2) is 0 Å². The second-order valence-corrected chi connectivity index (χ2v) is 6.62. The molecule has 1 saturated heterocycles. The van der Waals surface area contributed by atoms with Crippen LogP contribution < -0.4 is 10.0 Å². The van der Waals surface area contributed by atoms with Crippen LogP contribution in [0.5, 0.6) is 0 Å². The van der Waals surface area contributed by atoms with E-state index in [4.69, 9.17) is 5.11 Å². The van der Waals surface area contributed by atoms with Gasteiger partial charge in [-0.1, -0.05) is 6.42 Å². The fraction of sp³-hybridized carbons (Fsp3) is 1.00. The van der Waals surface area contributed by atoms with E-state index in [-0.39, 0.29) is 6.04 Å². The number of piperidine rings is 1.